The van der Waals surface area contributed by atoms with Crippen molar-refractivity contribution in [3.8, 4) is 11.1 Å². The molecule has 1 aliphatic carbocycles. The van der Waals surface area contributed by atoms with E-state index in [1.165, 1.54) is 11.6 Å². The van der Waals surface area contributed by atoms with Gasteiger partial charge < -0.3 is 15.1 Å². The van der Waals surface area contributed by atoms with Crippen LogP contribution in [0.2, 0.25) is 0 Å². The summed E-state index contributed by atoms with van der Waals surface area (Å²) in [6.45, 7) is 3.96. The topological polar surface area (TPSA) is 35.6 Å². The highest BCUT2D eigenvalue weighted by molar-refractivity contribution is 5.78. The van der Waals surface area contributed by atoms with E-state index < -0.39 is 0 Å². The molecule has 2 aromatic carbocycles. The minimum absolute atomic E-state index is 0.196. The summed E-state index contributed by atoms with van der Waals surface area (Å²) in [6, 6.07) is 15.3. The molecule has 0 spiro atoms. The summed E-state index contributed by atoms with van der Waals surface area (Å²) in [4.78, 5) is 16.5. The van der Waals surface area contributed by atoms with Crippen LogP contribution in [0.1, 0.15) is 17.9 Å². The third-order valence-electron chi connectivity index (χ3n) is 5.69. The van der Waals surface area contributed by atoms with Crippen molar-refractivity contribution in [2.45, 2.75) is 18.4 Å². The Labute approximate surface area is 160 Å². The lowest BCUT2D eigenvalue weighted by atomic mass is 10.0. The number of benzene rings is 2. The Balaban J connectivity index is 1.29. The fourth-order valence-electron chi connectivity index (χ4n) is 3.78. The van der Waals surface area contributed by atoms with Crippen LogP contribution in [0.25, 0.3) is 11.1 Å². The van der Waals surface area contributed by atoms with Crippen LogP contribution in [0.5, 0.6) is 0 Å². The lowest BCUT2D eigenvalue weighted by Gasteiger charge is -2.32. The van der Waals surface area contributed by atoms with Crippen molar-refractivity contribution in [2.75, 3.05) is 39.8 Å². The highest BCUT2D eigenvalue weighted by Gasteiger charge is 2.38. The molecule has 0 bridgehead atoms. The van der Waals surface area contributed by atoms with E-state index in [9.17, 15) is 9.18 Å². The van der Waals surface area contributed by atoms with Gasteiger partial charge in [-0.2, -0.15) is 0 Å². The predicted molar refractivity (Wildman–Crippen MR) is 105 cm³/mol. The van der Waals surface area contributed by atoms with Crippen molar-refractivity contribution < 1.29 is 9.18 Å². The van der Waals surface area contributed by atoms with Gasteiger partial charge in [-0.25, -0.2) is 4.39 Å². The quantitative estimate of drug-likeness (QED) is 0.883. The van der Waals surface area contributed by atoms with Gasteiger partial charge in [0.05, 0.1) is 6.54 Å². The molecule has 4 nitrogen and oxygen atoms in total. The molecule has 2 aromatic rings. The molecule has 1 N–H and O–H groups in total. The average molecular weight is 367 g/mol. The van der Waals surface area contributed by atoms with E-state index >= 15 is 0 Å². The second kappa shape index (κ2) is 7.79. The van der Waals surface area contributed by atoms with E-state index in [0.29, 0.717) is 24.1 Å². The first-order valence-corrected chi connectivity index (χ1v) is 9.66. The fraction of sp³-hybridized carbons (Fsp3) is 0.409. The lowest BCUT2D eigenvalue weighted by molar-refractivity contribution is -0.131. The minimum atomic E-state index is -0.196. The zero-order valence-electron chi connectivity index (χ0n) is 15.7. The highest BCUT2D eigenvalue weighted by Crippen LogP contribution is 2.41. The number of hydrogen-bond donors (Lipinski definition) is 1. The van der Waals surface area contributed by atoms with E-state index in [2.05, 4.69) is 29.4 Å². The summed E-state index contributed by atoms with van der Waals surface area (Å²) in [7, 11) is 2.09. The van der Waals surface area contributed by atoms with Crippen LogP contribution in [0.3, 0.4) is 0 Å². The smallest absolute Gasteiger partial charge is 0.236 e. The largest absolute Gasteiger partial charge is 0.339 e. The molecule has 0 radical (unpaired) electrons. The highest BCUT2D eigenvalue weighted by atomic mass is 19.1. The van der Waals surface area contributed by atoms with Crippen LogP contribution in [-0.4, -0.2) is 61.5 Å². The summed E-state index contributed by atoms with van der Waals surface area (Å²) >= 11 is 0. The number of halogens is 1. The molecule has 1 amide bonds. The number of hydrogen-bond acceptors (Lipinski definition) is 3. The van der Waals surface area contributed by atoms with Crippen molar-refractivity contribution in [3.63, 3.8) is 0 Å². The van der Waals surface area contributed by atoms with Crippen molar-refractivity contribution in [3.05, 3.63) is 59.9 Å². The van der Waals surface area contributed by atoms with Gasteiger partial charge in [0.25, 0.3) is 0 Å². The Morgan fingerprint density at radius 3 is 2.48 bits per heavy atom. The van der Waals surface area contributed by atoms with E-state index in [1.54, 1.807) is 12.1 Å². The Morgan fingerprint density at radius 1 is 1.07 bits per heavy atom. The minimum Gasteiger partial charge on any atom is -0.339 e. The van der Waals surface area contributed by atoms with E-state index in [-0.39, 0.29) is 11.7 Å². The second-order valence-corrected chi connectivity index (χ2v) is 7.62. The average Bonchev–Trinajstić information content (AvgIpc) is 3.47. The Bertz CT molecular complexity index is 799. The molecule has 27 heavy (non-hydrogen) atoms. The summed E-state index contributed by atoms with van der Waals surface area (Å²) in [5.41, 5.74) is 2.78. The fourth-order valence-corrected chi connectivity index (χ4v) is 3.78. The van der Waals surface area contributed by atoms with Crippen LogP contribution in [-0.2, 0) is 4.79 Å². The summed E-state index contributed by atoms with van der Waals surface area (Å²) < 4.78 is 13.9. The van der Waals surface area contributed by atoms with Crippen LogP contribution in [0, 0.1) is 5.82 Å². The molecule has 0 aromatic heterocycles. The maximum absolute atomic E-state index is 13.9. The summed E-state index contributed by atoms with van der Waals surface area (Å²) in [6.07, 6.45) is 1.05. The number of carbonyl (C=O) groups excluding carboxylic acids is 1. The summed E-state index contributed by atoms with van der Waals surface area (Å²) in [5.74, 6) is 0.447. The number of likely N-dealkylation sites (N-methyl/N-ethyl adjacent to an activating group) is 1. The third kappa shape index (κ3) is 4.20. The number of carbonyl (C=O) groups is 1. The summed E-state index contributed by atoms with van der Waals surface area (Å²) in [5, 5.41) is 3.40. The number of nitrogens with zero attached hydrogens (tertiary/aromatic N) is 2. The molecule has 4 rings (SSSR count). The van der Waals surface area contributed by atoms with Gasteiger partial charge in [-0.15, -0.1) is 0 Å². The molecule has 2 atom stereocenters. The molecule has 5 heteroatoms. The predicted octanol–water partition coefficient (Wildman–Crippen LogP) is 2.71. The molecule has 1 saturated heterocycles. The van der Waals surface area contributed by atoms with Crippen molar-refractivity contribution >= 4 is 5.91 Å². The van der Waals surface area contributed by atoms with Crippen molar-refractivity contribution in [2.24, 2.45) is 0 Å². The Morgan fingerprint density at radius 2 is 1.78 bits per heavy atom. The van der Waals surface area contributed by atoms with Crippen LogP contribution in [0.15, 0.2) is 48.5 Å². The maximum atomic E-state index is 13.9. The Hall–Kier alpha value is -2.24. The van der Waals surface area contributed by atoms with Gasteiger partial charge in [0.1, 0.15) is 5.82 Å². The number of amides is 1. The van der Waals surface area contributed by atoms with Gasteiger partial charge in [-0.05, 0) is 30.7 Å². The SMILES string of the molecule is CN1CCN(C(=O)CN[C@H]2CC2c2ccc(-c3ccccc3F)cc2)CC1. The second-order valence-electron chi connectivity index (χ2n) is 7.62. The number of piperazine rings is 1. The van der Waals surface area contributed by atoms with Gasteiger partial charge in [0.15, 0.2) is 0 Å². The first kappa shape index (κ1) is 18.1. The maximum Gasteiger partial charge on any atom is 0.236 e. The number of rotatable bonds is 5. The monoisotopic (exact) mass is 367 g/mol. The first-order valence-electron chi connectivity index (χ1n) is 9.66. The van der Waals surface area contributed by atoms with E-state index in [1.807, 2.05) is 23.1 Å². The molecule has 142 valence electrons. The zero-order valence-corrected chi connectivity index (χ0v) is 15.7. The van der Waals surface area contributed by atoms with Gasteiger partial charge >= 0.3 is 0 Å². The third-order valence-corrected chi connectivity index (χ3v) is 5.69. The van der Waals surface area contributed by atoms with Crippen LogP contribution in [0.4, 0.5) is 4.39 Å². The molecular weight excluding hydrogens is 341 g/mol. The van der Waals surface area contributed by atoms with Crippen molar-refractivity contribution in [1.82, 2.24) is 15.1 Å². The molecule has 1 aliphatic heterocycles. The Kier molecular flexibility index (Phi) is 5.23. The standard InChI is InChI=1S/C22H26FN3O/c1-25-10-12-26(13-11-25)22(27)15-24-21-14-19(21)17-8-6-16(7-9-17)18-4-2-3-5-20(18)23/h2-9,19,21,24H,10-15H2,1H3/t19?,21-/m0/s1. The molecule has 1 saturated carbocycles. The molecule has 2 fully saturated rings. The van der Waals surface area contributed by atoms with Crippen LogP contribution >= 0.6 is 0 Å². The van der Waals surface area contributed by atoms with Gasteiger partial charge in [-0.3, -0.25) is 4.79 Å². The van der Waals surface area contributed by atoms with E-state index in [4.69, 9.17) is 0 Å². The molecule has 2 aliphatic rings. The lowest BCUT2D eigenvalue weighted by Crippen LogP contribution is -2.49. The zero-order chi connectivity index (χ0) is 18.8. The molecule has 1 heterocycles. The van der Waals surface area contributed by atoms with Crippen LogP contribution < -0.4 is 5.32 Å². The number of nitrogens with one attached hydrogen (secondary N) is 1. The molecular formula is C22H26FN3O. The normalized spacial score (nSPS) is 22.7. The van der Waals surface area contributed by atoms with Gasteiger partial charge in [0, 0.05) is 43.7 Å². The van der Waals surface area contributed by atoms with Crippen molar-refractivity contribution in [1.29, 1.82) is 0 Å². The molecule has 1 unspecified atom stereocenters. The van der Waals surface area contributed by atoms with Gasteiger partial charge in [0.2, 0.25) is 5.91 Å². The van der Waals surface area contributed by atoms with E-state index in [0.717, 1.165) is 38.2 Å². The van der Waals surface area contributed by atoms with Gasteiger partial charge in [-0.1, -0.05) is 42.5 Å². The first-order chi connectivity index (χ1) is 13.1.